The van der Waals surface area contributed by atoms with E-state index in [9.17, 15) is 0 Å². The Kier molecular flexibility index (Phi) is 6.64. The lowest BCUT2D eigenvalue weighted by Gasteiger charge is -2.39. The lowest BCUT2D eigenvalue weighted by molar-refractivity contribution is 0.171. The second kappa shape index (κ2) is 10.3. The molecule has 1 fully saturated rings. The van der Waals surface area contributed by atoms with Crippen molar-refractivity contribution in [1.82, 2.24) is 5.32 Å². The van der Waals surface area contributed by atoms with Gasteiger partial charge in [-0.1, -0.05) is 61.0 Å². The number of rotatable bonds is 7. The highest BCUT2D eigenvalue weighted by molar-refractivity contribution is 5.58. The Bertz CT molecular complexity index is 1100. The predicted molar refractivity (Wildman–Crippen MR) is 142 cm³/mol. The van der Waals surface area contributed by atoms with E-state index < -0.39 is 0 Å². The number of fused-ring (bicyclic) bond motifs is 2. The van der Waals surface area contributed by atoms with Crippen LogP contribution in [0.1, 0.15) is 36.0 Å². The molecule has 4 heteroatoms. The summed E-state index contributed by atoms with van der Waals surface area (Å²) >= 11 is 0. The van der Waals surface area contributed by atoms with Crippen molar-refractivity contribution >= 4 is 5.69 Å². The van der Waals surface area contributed by atoms with Crippen molar-refractivity contribution in [1.29, 1.82) is 0 Å². The van der Waals surface area contributed by atoms with E-state index >= 15 is 0 Å². The number of piperidine rings is 1. The van der Waals surface area contributed by atoms with E-state index in [1.807, 2.05) is 0 Å². The molecule has 4 nitrogen and oxygen atoms in total. The minimum Gasteiger partial charge on any atom is -0.486 e. The van der Waals surface area contributed by atoms with Crippen LogP contribution in [0.4, 0.5) is 5.69 Å². The maximum absolute atomic E-state index is 5.99. The first-order chi connectivity index (χ1) is 17.3. The molecule has 0 amide bonds. The van der Waals surface area contributed by atoms with Gasteiger partial charge in [0.1, 0.15) is 13.2 Å². The molecule has 0 spiro atoms. The highest BCUT2D eigenvalue weighted by atomic mass is 16.6. The van der Waals surface area contributed by atoms with Crippen LogP contribution >= 0.6 is 0 Å². The quantitative estimate of drug-likeness (QED) is 0.501. The van der Waals surface area contributed by atoms with E-state index in [-0.39, 0.29) is 0 Å². The van der Waals surface area contributed by atoms with E-state index in [0.717, 1.165) is 43.9 Å². The molecular formula is C31H36N2O2. The van der Waals surface area contributed by atoms with Gasteiger partial charge in [0.2, 0.25) is 0 Å². The first-order valence-corrected chi connectivity index (χ1v) is 13.3. The summed E-state index contributed by atoms with van der Waals surface area (Å²) in [6, 6.07) is 27.6. The van der Waals surface area contributed by atoms with Gasteiger partial charge in [0.05, 0.1) is 0 Å². The Hall–Kier alpha value is -2.98. The first kappa shape index (κ1) is 22.5. The van der Waals surface area contributed by atoms with E-state index in [1.54, 1.807) is 0 Å². The summed E-state index contributed by atoms with van der Waals surface area (Å²) in [5.74, 6) is 2.28. The SMILES string of the molecule is c1ccc(CC(CN(c2ccc3c(c2)OCCO3)C2Cc3ccccc3C2)C2CCCCN2)cc1. The first-order valence-electron chi connectivity index (χ1n) is 13.3. The topological polar surface area (TPSA) is 33.7 Å². The summed E-state index contributed by atoms with van der Waals surface area (Å²) in [7, 11) is 0. The standard InChI is InChI=1S/C31H36N2O2/c1-2-8-23(9-3-1)18-26(29-12-6-7-15-32-29)22-33(28-19-24-10-4-5-11-25(24)20-28)27-13-14-30-31(21-27)35-17-16-34-30/h1-5,8-11,13-14,21,26,28-29,32H,6-7,12,15-20,22H2. The number of hydrogen-bond donors (Lipinski definition) is 1. The monoisotopic (exact) mass is 468 g/mol. The molecule has 3 aromatic carbocycles. The van der Waals surface area contributed by atoms with Crippen LogP contribution < -0.4 is 19.7 Å². The summed E-state index contributed by atoms with van der Waals surface area (Å²) in [6.45, 7) is 3.41. The second-order valence-electron chi connectivity index (χ2n) is 10.3. The molecule has 0 radical (unpaired) electrons. The third kappa shape index (κ3) is 5.04. The van der Waals surface area contributed by atoms with E-state index in [1.165, 1.54) is 41.6 Å². The average molecular weight is 469 g/mol. The summed E-state index contributed by atoms with van der Waals surface area (Å²) in [4.78, 5) is 2.68. The van der Waals surface area contributed by atoms with Crippen LogP contribution in [-0.2, 0) is 19.3 Å². The molecule has 2 aliphatic heterocycles. The number of anilines is 1. The van der Waals surface area contributed by atoms with Gasteiger partial charge in [0, 0.05) is 30.4 Å². The fourth-order valence-electron chi connectivity index (χ4n) is 6.22. The molecule has 6 rings (SSSR count). The van der Waals surface area contributed by atoms with Gasteiger partial charge in [-0.2, -0.15) is 0 Å². The lowest BCUT2D eigenvalue weighted by atomic mass is 9.86. The minimum atomic E-state index is 0.455. The Morgan fingerprint density at radius 3 is 2.31 bits per heavy atom. The van der Waals surface area contributed by atoms with Crippen LogP contribution in [0.5, 0.6) is 11.5 Å². The van der Waals surface area contributed by atoms with Gasteiger partial charge >= 0.3 is 0 Å². The summed E-state index contributed by atoms with van der Waals surface area (Å²) < 4.78 is 11.8. The molecule has 2 atom stereocenters. The maximum Gasteiger partial charge on any atom is 0.163 e. The highest BCUT2D eigenvalue weighted by Gasteiger charge is 2.32. The summed E-state index contributed by atoms with van der Waals surface area (Å²) in [5, 5.41) is 3.88. The van der Waals surface area contributed by atoms with Crippen LogP contribution in [0, 0.1) is 5.92 Å². The van der Waals surface area contributed by atoms with E-state index in [4.69, 9.17) is 9.47 Å². The van der Waals surface area contributed by atoms with Crippen molar-refractivity contribution in [3.63, 3.8) is 0 Å². The molecule has 3 aliphatic rings. The van der Waals surface area contributed by atoms with Gasteiger partial charge in [-0.15, -0.1) is 0 Å². The van der Waals surface area contributed by atoms with Crippen LogP contribution in [0.25, 0.3) is 0 Å². The van der Waals surface area contributed by atoms with Crippen LogP contribution in [0.15, 0.2) is 72.8 Å². The molecule has 182 valence electrons. The third-order valence-electron chi connectivity index (χ3n) is 8.02. The van der Waals surface area contributed by atoms with Crippen LogP contribution in [0.3, 0.4) is 0 Å². The number of hydrogen-bond acceptors (Lipinski definition) is 4. The zero-order chi connectivity index (χ0) is 23.5. The summed E-state index contributed by atoms with van der Waals surface area (Å²) in [5.41, 5.74) is 5.67. The molecular weight excluding hydrogens is 432 g/mol. The zero-order valence-corrected chi connectivity index (χ0v) is 20.5. The number of nitrogens with one attached hydrogen (secondary N) is 1. The van der Waals surface area contributed by atoms with Crippen molar-refractivity contribution in [2.45, 2.75) is 50.6 Å². The van der Waals surface area contributed by atoms with Crippen LogP contribution in [-0.4, -0.2) is 38.4 Å². The van der Waals surface area contributed by atoms with Crippen molar-refractivity contribution in [3.05, 3.63) is 89.5 Å². The zero-order valence-electron chi connectivity index (χ0n) is 20.5. The van der Waals surface area contributed by atoms with Gasteiger partial charge in [-0.3, -0.25) is 0 Å². The molecule has 35 heavy (non-hydrogen) atoms. The highest BCUT2D eigenvalue weighted by Crippen LogP contribution is 2.37. The average Bonchev–Trinajstić information content (AvgIpc) is 3.36. The van der Waals surface area contributed by atoms with Gasteiger partial charge in [-0.25, -0.2) is 0 Å². The molecule has 1 saturated heterocycles. The Morgan fingerprint density at radius 2 is 1.57 bits per heavy atom. The fourth-order valence-corrected chi connectivity index (χ4v) is 6.22. The van der Waals surface area contributed by atoms with Crippen molar-refractivity contribution < 1.29 is 9.47 Å². The molecule has 2 heterocycles. The number of ether oxygens (including phenoxy) is 2. The summed E-state index contributed by atoms with van der Waals surface area (Å²) in [6.07, 6.45) is 7.17. The van der Waals surface area contributed by atoms with Crippen molar-refractivity contribution in [3.8, 4) is 11.5 Å². The normalized spacial score (nSPS) is 20.3. The molecule has 0 bridgehead atoms. The van der Waals surface area contributed by atoms with Gasteiger partial charge in [-0.05, 0) is 73.4 Å². The Labute approximate surface area is 209 Å². The minimum absolute atomic E-state index is 0.455. The van der Waals surface area contributed by atoms with Crippen LogP contribution in [0.2, 0.25) is 0 Å². The number of benzene rings is 3. The van der Waals surface area contributed by atoms with Crippen molar-refractivity contribution in [2.75, 3.05) is 31.2 Å². The second-order valence-corrected chi connectivity index (χ2v) is 10.3. The van der Waals surface area contributed by atoms with E-state index in [0.29, 0.717) is 31.2 Å². The van der Waals surface area contributed by atoms with Gasteiger partial charge < -0.3 is 19.7 Å². The van der Waals surface area contributed by atoms with Crippen molar-refractivity contribution in [2.24, 2.45) is 5.92 Å². The largest absolute Gasteiger partial charge is 0.486 e. The molecule has 0 saturated carbocycles. The predicted octanol–water partition coefficient (Wildman–Crippen LogP) is 5.43. The molecule has 1 N–H and O–H groups in total. The van der Waals surface area contributed by atoms with E-state index in [2.05, 4.69) is 83.0 Å². The molecule has 0 aromatic heterocycles. The molecule has 1 aliphatic carbocycles. The maximum atomic E-state index is 5.99. The Morgan fingerprint density at radius 1 is 0.829 bits per heavy atom. The lowest BCUT2D eigenvalue weighted by Crippen LogP contribution is -2.48. The third-order valence-corrected chi connectivity index (χ3v) is 8.02. The smallest absolute Gasteiger partial charge is 0.163 e. The molecule has 3 aromatic rings. The van der Waals surface area contributed by atoms with Gasteiger partial charge in [0.25, 0.3) is 0 Å². The Balaban J connectivity index is 1.33. The molecule has 2 unspecified atom stereocenters. The van der Waals surface area contributed by atoms with Gasteiger partial charge in [0.15, 0.2) is 11.5 Å². The fraction of sp³-hybridized carbons (Fsp3) is 0.419. The number of nitrogens with zero attached hydrogens (tertiary/aromatic N) is 1.